The molecule has 144 valence electrons. The molecule has 1 aromatic heterocycles. The molecule has 5 heteroatoms. The molecular weight excluding hydrogens is 340 g/mol. The Bertz CT molecular complexity index is 862. The number of aromatic nitrogens is 1. The molecule has 27 heavy (non-hydrogen) atoms. The van der Waals surface area contributed by atoms with E-state index in [1.165, 1.54) is 12.7 Å². The summed E-state index contributed by atoms with van der Waals surface area (Å²) in [5, 5.41) is 3.04. The molecule has 3 rings (SSSR count). The Morgan fingerprint density at radius 1 is 1.11 bits per heavy atom. The molecule has 0 spiro atoms. The molecule has 0 radical (unpaired) electrons. The van der Waals surface area contributed by atoms with Gasteiger partial charge in [-0.15, -0.1) is 0 Å². The lowest BCUT2D eigenvalue weighted by atomic mass is 9.83. The summed E-state index contributed by atoms with van der Waals surface area (Å²) < 4.78 is 5.09. The summed E-state index contributed by atoms with van der Waals surface area (Å²) in [4.78, 5) is 26.8. The summed E-state index contributed by atoms with van der Waals surface area (Å²) in [6, 6.07) is 12.3. The van der Waals surface area contributed by atoms with Crippen LogP contribution < -0.4 is 15.6 Å². The average Bonchev–Trinajstić information content (AvgIpc) is 3.04. The highest BCUT2D eigenvalue weighted by molar-refractivity contribution is 5.78. The first-order valence-corrected chi connectivity index (χ1v) is 9.45. The number of ether oxygens (including phenoxy) is 1. The van der Waals surface area contributed by atoms with Crippen LogP contribution in [-0.4, -0.2) is 24.0 Å². The van der Waals surface area contributed by atoms with Crippen LogP contribution in [0, 0.1) is 0 Å². The monoisotopic (exact) mass is 368 g/mol. The highest BCUT2D eigenvalue weighted by Gasteiger charge is 2.27. The molecule has 2 aromatic rings. The van der Waals surface area contributed by atoms with Crippen LogP contribution in [0.2, 0.25) is 0 Å². The van der Waals surface area contributed by atoms with Crippen LogP contribution in [0.1, 0.15) is 62.8 Å². The van der Waals surface area contributed by atoms with E-state index >= 15 is 0 Å². The van der Waals surface area contributed by atoms with Gasteiger partial charge in [0.25, 0.3) is 5.56 Å². The lowest BCUT2D eigenvalue weighted by Gasteiger charge is -2.24. The normalized spacial score (nSPS) is 18.2. The number of pyridine rings is 1. The number of carbonyl (C=O) groups is 1. The minimum Gasteiger partial charge on any atom is -0.491 e. The van der Waals surface area contributed by atoms with Crippen molar-refractivity contribution in [2.24, 2.45) is 0 Å². The van der Waals surface area contributed by atoms with Crippen molar-refractivity contribution in [1.82, 2.24) is 10.3 Å². The molecule has 1 unspecified atom stereocenters. The summed E-state index contributed by atoms with van der Waals surface area (Å²) in [7, 11) is 1.49. The number of hydrogen-bond acceptors (Lipinski definition) is 3. The van der Waals surface area contributed by atoms with Crippen molar-refractivity contribution in [3.63, 3.8) is 0 Å². The van der Waals surface area contributed by atoms with Gasteiger partial charge in [0.1, 0.15) is 0 Å². The predicted octanol–water partition coefficient (Wildman–Crippen LogP) is 3.48. The number of H-pyrrole nitrogens is 1. The van der Waals surface area contributed by atoms with Crippen LogP contribution in [0.5, 0.6) is 5.75 Å². The van der Waals surface area contributed by atoms with E-state index in [0.717, 1.165) is 24.1 Å². The molecule has 1 amide bonds. The summed E-state index contributed by atoms with van der Waals surface area (Å²) in [5.74, 6) is 0.404. The number of methoxy groups -OCH3 is 1. The van der Waals surface area contributed by atoms with E-state index < -0.39 is 0 Å². The molecule has 1 fully saturated rings. The van der Waals surface area contributed by atoms with Crippen molar-refractivity contribution in [2.75, 3.05) is 7.11 Å². The molecular formula is C22H28N2O3. The average molecular weight is 368 g/mol. The van der Waals surface area contributed by atoms with Gasteiger partial charge in [0, 0.05) is 24.1 Å². The fourth-order valence-electron chi connectivity index (χ4n) is 3.64. The number of hydrogen-bond donors (Lipinski definition) is 2. The van der Waals surface area contributed by atoms with Crippen LogP contribution in [0.15, 0.2) is 41.2 Å². The zero-order valence-electron chi connectivity index (χ0n) is 16.5. The fourth-order valence-corrected chi connectivity index (χ4v) is 3.64. The molecule has 0 bridgehead atoms. The van der Waals surface area contributed by atoms with Gasteiger partial charge in [-0.2, -0.15) is 0 Å². The number of carbonyl (C=O) groups excluding carboxylic acids is 1. The first-order chi connectivity index (χ1) is 12.8. The maximum Gasteiger partial charge on any atom is 0.290 e. The molecule has 5 nitrogen and oxygen atoms in total. The first kappa shape index (κ1) is 19.2. The Balaban J connectivity index is 1.95. The van der Waals surface area contributed by atoms with Crippen molar-refractivity contribution >= 4 is 5.91 Å². The van der Waals surface area contributed by atoms with Gasteiger partial charge >= 0.3 is 0 Å². The second kappa shape index (κ2) is 7.59. The lowest BCUT2D eigenvalue weighted by molar-refractivity contribution is -0.119. The summed E-state index contributed by atoms with van der Waals surface area (Å²) >= 11 is 0. The maximum atomic E-state index is 12.2. The third-order valence-electron chi connectivity index (χ3n) is 5.28. The summed E-state index contributed by atoms with van der Waals surface area (Å²) in [5.41, 5.74) is 3.08. The number of benzene rings is 1. The number of rotatable bonds is 5. The number of nitrogens with one attached hydrogen (secondary N) is 2. The van der Waals surface area contributed by atoms with E-state index in [2.05, 4.69) is 55.3 Å². The van der Waals surface area contributed by atoms with Gasteiger partial charge in [0.2, 0.25) is 5.91 Å². The van der Waals surface area contributed by atoms with Crippen molar-refractivity contribution in [3.05, 3.63) is 63.6 Å². The van der Waals surface area contributed by atoms with E-state index in [0.29, 0.717) is 12.2 Å². The Hall–Kier alpha value is -2.56. The lowest BCUT2D eigenvalue weighted by Crippen LogP contribution is -2.28. The minimum absolute atomic E-state index is 0.000949. The van der Waals surface area contributed by atoms with Gasteiger partial charge in [-0.1, -0.05) is 45.0 Å². The van der Waals surface area contributed by atoms with Gasteiger partial charge in [-0.3, -0.25) is 9.59 Å². The number of aromatic amines is 1. The topological polar surface area (TPSA) is 71.2 Å². The first-order valence-electron chi connectivity index (χ1n) is 9.45. The quantitative estimate of drug-likeness (QED) is 0.849. The molecule has 2 atom stereocenters. The number of amides is 1. The zero-order chi connectivity index (χ0) is 19.6. The predicted molar refractivity (Wildman–Crippen MR) is 106 cm³/mol. The van der Waals surface area contributed by atoms with E-state index in [9.17, 15) is 9.59 Å². The zero-order valence-corrected chi connectivity index (χ0v) is 16.5. The Morgan fingerprint density at radius 3 is 2.33 bits per heavy atom. The molecule has 1 saturated heterocycles. The minimum atomic E-state index is -0.234. The van der Waals surface area contributed by atoms with Crippen LogP contribution in [0.4, 0.5) is 0 Å². The second-order valence-corrected chi connectivity index (χ2v) is 8.27. The fraction of sp³-hybridized carbons (Fsp3) is 0.455. The van der Waals surface area contributed by atoms with Crippen molar-refractivity contribution in [3.8, 4) is 5.75 Å². The van der Waals surface area contributed by atoms with Crippen molar-refractivity contribution in [2.45, 2.75) is 57.4 Å². The Morgan fingerprint density at radius 2 is 1.81 bits per heavy atom. The molecule has 2 heterocycles. The summed E-state index contributed by atoms with van der Waals surface area (Å²) in [6.07, 6.45) is 2.15. The molecule has 1 aliphatic heterocycles. The maximum absolute atomic E-state index is 12.2. The second-order valence-electron chi connectivity index (χ2n) is 8.27. The van der Waals surface area contributed by atoms with E-state index in [1.807, 2.05) is 6.07 Å². The van der Waals surface area contributed by atoms with Gasteiger partial charge in [0.15, 0.2) is 5.75 Å². The smallest absolute Gasteiger partial charge is 0.290 e. The van der Waals surface area contributed by atoms with Gasteiger partial charge < -0.3 is 15.0 Å². The molecule has 1 aliphatic rings. The van der Waals surface area contributed by atoms with Gasteiger partial charge in [0.05, 0.1) is 7.11 Å². The van der Waals surface area contributed by atoms with Crippen LogP contribution in [-0.2, 0) is 10.2 Å². The van der Waals surface area contributed by atoms with Crippen LogP contribution in [0.3, 0.4) is 0 Å². The van der Waals surface area contributed by atoms with E-state index in [4.69, 9.17) is 4.74 Å². The highest BCUT2D eigenvalue weighted by atomic mass is 16.5. The van der Waals surface area contributed by atoms with Crippen LogP contribution >= 0.6 is 0 Å². The van der Waals surface area contributed by atoms with Gasteiger partial charge in [-0.05, 0) is 41.5 Å². The summed E-state index contributed by atoms with van der Waals surface area (Å²) in [6.45, 7) is 6.57. The molecule has 0 saturated carbocycles. The third kappa shape index (κ3) is 4.41. The molecule has 0 aliphatic carbocycles. The van der Waals surface area contributed by atoms with E-state index in [-0.39, 0.29) is 28.8 Å². The molecule has 2 N–H and O–H groups in total. The Labute approximate surface area is 160 Å². The van der Waals surface area contributed by atoms with Crippen LogP contribution in [0.25, 0.3) is 0 Å². The van der Waals surface area contributed by atoms with Gasteiger partial charge in [-0.25, -0.2) is 0 Å². The standard InChI is InChI=1S/C22H28N2O3/c1-22(2,3)15-7-5-14(6-8-15)17(13-16-9-12-20(25)23-16)18-10-11-19(27-4)21(26)24-18/h5-8,10-11,16-17H,9,12-13H2,1-4H3,(H,23,25)(H,24,26)/t16-,17?/m1/s1. The SMILES string of the molecule is COc1ccc(C(C[C@H]2CCC(=O)N2)c2ccc(C(C)(C)C)cc2)[nH]c1=O. The highest BCUT2D eigenvalue weighted by Crippen LogP contribution is 2.32. The Kier molecular flexibility index (Phi) is 5.40. The third-order valence-corrected chi connectivity index (χ3v) is 5.28. The molecule has 1 aromatic carbocycles. The largest absolute Gasteiger partial charge is 0.491 e. The van der Waals surface area contributed by atoms with E-state index in [1.54, 1.807) is 6.07 Å². The van der Waals surface area contributed by atoms with Crippen molar-refractivity contribution in [1.29, 1.82) is 0 Å². The van der Waals surface area contributed by atoms with Crippen molar-refractivity contribution < 1.29 is 9.53 Å².